The summed E-state index contributed by atoms with van der Waals surface area (Å²) in [5, 5.41) is 0. The number of benzene rings is 1. The first kappa shape index (κ1) is 14.1. The van der Waals surface area contributed by atoms with E-state index < -0.39 is 0 Å². The predicted molar refractivity (Wildman–Crippen MR) is 65.2 cm³/mol. The van der Waals surface area contributed by atoms with Crippen LogP contribution in [0.3, 0.4) is 0 Å². The molecule has 0 aromatic heterocycles. The van der Waals surface area contributed by atoms with Crippen molar-refractivity contribution in [2.45, 2.75) is 26.3 Å². The van der Waals surface area contributed by atoms with Gasteiger partial charge in [-0.05, 0) is 12.0 Å². The number of hydrogen-bond acceptors (Lipinski definition) is 2. The molecule has 1 aromatic rings. The molecule has 0 radical (unpaired) electrons. The lowest BCUT2D eigenvalue weighted by Crippen LogP contribution is -2.35. The van der Waals surface area contributed by atoms with Crippen LogP contribution in [0.15, 0.2) is 30.3 Å². The highest BCUT2D eigenvalue weighted by Crippen LogP contribution is 2.06. The van der Waals surface area contributed by atoms with Crippen molar-refractivity contribution in [3.8, 4) is 0 Å². The number of hydrogen-bond donors (Lipinski definition) is 1. The first-order chi connectivity index (χ1) is 6.61. The van der Waals surface area contributed by atoms with Gasteiger partial charge < -0.3 is 5.73 Å². The second-order valence-corrected chi connectivity index (χ2v) is 3.85. The van der Waals surface area contributed by atoms with Crippen LogP contribution in [0.4, 0.5) is 0 Å². The summed E-state index contributed by atoms with van der Waals surface area (Å²) in [6, 6.07) is 9.50. The van der Waals surface area contributed by atoms with Crippen LogP contribution in [0.2, 0.25) is 0 Å². The number of nitrogens with two attached hydrogens (primary N) is 1. The molecule has 1 aromatic carbocycles. The Hall–Kier alpha value is -0.860. The van der Waals surface area contributed by atoms with Gasteiger partial charge in [-0.2, -0.15) is 0 Å². The third kappa shape index (κ3) is 4.45. The van der Waals surface area contributed by atoms with Gasteiger partial charge >= 0.3 is 0 Å². The van der Waals surface area contributed by atoms with Gasteiger partial charge in [0.2, 0.25) is 0 Å². The molecule has 0 fully saturated rings. The Morgan fingerprint density at radius 2 is 1.80 bits per heavy atom. The summed E-state index contributed by atoms with van der Waals surface area (Å²) >= 11 is 0. The van der Waals surface area contributed by atoms with E-state index in [-0.39, 0.29) is 30.2 Å². The minimum Gasteiger partial charge on any atom is -0.321 e. The Morgan fingerprint density at radius 1 is 1.27 bits per heavy atom. The van der Waals surface area contributed by atoms with E-state index in [0.717, 1.165) is 5.56 Å². The van der Waals surface area contributed by atoms with Crippen molar-refractivity contribution in [1.82, 2.24) is 0 Å². The van der Waals surface area contributed by atoms with Crippen LogP contribution in [0.1, 0.15) is 19.4 Å². The van der Waals surface area contributed by atoms with Crippen molar-refractivity contribution < 1.29 is 4.79 Å². The third-order valence-electron chi connectivity index (χ3n) is 2.23. The molecule has 0 aliphatic heterocycles. The van der Waals surface area contributed by atoms with Crippen molar-refractivity contribution >= 4 is 18.2 Å². The fourth-order valence-corrected chi connectivity index (χ4v) is 1.40. The highest BCUT2D eigenvalue weighted by molar-refractivity contribution is 5.85. The summed E-state index contributed by atoms with van der Waals surface area (Å²) in [7, 11) is 0. The van der Waals surface area contributed by atoms with Gasteiger partial charge in [0.1, 0.15) is 0 Å². The number of rotatable bonds is 4. The van der Waals surface area contributed by atoms with E-state index in [4.69, 9.17) is 5.73 Å². The average molecular weight is 228 g/mol. The largest absolute Gasteiger partial charge is 0.321 e. The van der Waals surface area contributed by atoms with Gasteiger partial charge in [0, 0.05) is 5.92 Å². The van der Waals surface area contributed by atoms with Gasteiger partial charge in [-0.1, -0.05) is 44.2 Å². The maximum Gasteiger partial charge on any atom is 0.152 e. The number of carbonyl (C=O) groups excluding carboxylic acids is 1. The summed E-state index contributed by atoms with van der Waals surface area (Å²) in [6.45, 7) is 3.76. The maximum absolute atomic E-state index is 11.5. The SMILES string of the molecule is CC(C)C(=O)C(N)Cc1ccccc1.Cl. The molecular formula is C12H18ClNO. The number of ketones is 1. The Bertz CT molecular complexity index is 298. The molecule has 0 heterocycles. The van der Waals surface area contributed by atoms with Gasteiger partial charge in [0.05, 0.1) is 6.04 Å². The molecule has 0 saturated carbocycles. The molecule has 84 valence electrons. The van der Waals surface area contributed by atoms with Gasteiger partial charge in [-0.25, -0.2) is 0 Å². The Balaban J connectivity index is 0.00000196. The van der Waals surface area contributed by atoms with Crippen molar-refractivity contribution in [1.29, 1.82) is 0 Å². The van der Waals surface area contributed by atoms with Crippen molar-refractivity contribution in [3.63, 3.8) is 0 Å². The summed E-state index contributed by atoms with van der Waals surface area (Å²) in [5.74, 6) is 0.155. The van der Waals surface area contributed by atoms with Crippen LogP contribution >= 0.6 is 12.4 Å². The van der Waals surface area contributed by atoms with Gasteiger partial charge in [-0.15, -0.1) is 12.4 Å². The zero-order chi connectivity index (χ0) is 10.6. The molecule has 0 aliphatic carbocycles. The van der Waals surface area contributed by atoms with E-state index in [1.165, 1.54) is 0 Å². The van der Waals surface area contributed by atoms with Crippen LogP contribution in [0.25, 0.3) is 0 Å². The van der Waals surface area contributed by atoms with Crippen molar-refractivity contribution in [3.05, 3.63) is 35.9 Å². The summed E-state index contributed by atoms with van der Waals surface area (Å²) < 4.78 is 0. The molecule has 1 atom stereocenters. The fourth-order valence-electron chi connectivity index (χ4n) is 1.40. The van der Waals surface area contributed by atoms with Crippen LogP contribution in [-0.4, -0.2) is 11.8 Å². The van der Waals surface area contributed by atoms with Crippen LogP contribution in [0, 0.1) is 5.92 Å². The molecule has 0 bridgehead atoms. The van der Waals surface area contributed by atoms with E-state index in [2.05, 4.69) is 0 Å². The standard InChI is InChI=1S/C12H17NO.ClH/c1-9(2)12(14)11(13)8-10-6-4-3-5-7-10;/h3-7,9,11H,8,13H2,1-2H3;1H. The highest BCUT2D eigenvalue weighted by atomic mass is 35.5. The monoisotopic (exact) mass is 227 g/mol. The first-order valence-corrected chi connectivity index (χ1v) is 4.94. The maximum atomic E-state index is 11.5. The van der Waals surface area contributed by atoms with E-state index in [9.17, 15) is 4.79 Å². The fraction of sp³-hybridized carbons (Fsp3) is 0.417. The Morgan fingerprint density at radius 3 is 2.27 bits per heavy atom. The number of Topliss-reactive ketones (excluding diaryl/α,β-unsaturated/α-hetero) is 1. The Kier molecular flexibility index (Phi) is 6.21. The van der Waals surface area contributed by atoms with Crippen LogP contribution in [0.5, 0.6) is 0 Å². The molecule has 15 heavy (non-hydrogen) atoms. The topological polar surface area (TPSA) is 43.1 Å². The second kappa shape index (κ2) is 6.59. The molecule has 0 saturated heterocycles. The normalized spacial score (nSPS) is 12.0. The van der Waals surface area contributed by atoms with Crippen molar-refractivity contribution in [2.24, 2.45) is 11.7 Å². The minimum absolute atomic E-state index is 0. The third-order valence-corrected chi connectivity index (χ3v) is 2.23. The zero-order valence-electron chi connectivity index (χ0n) is 9.14. The molecule has 0 spiro atoms. The summed E-state index contributed by atoms with van der Waals surface area (Å²) in [6.07, 6.45) is 0.637. The molecule has 1 unspecified atom stereocenters. The van der Waals surface area contributed by atoms with Gasteiger partial charge in [0.15, 0.2) is 5.78 Å². The van der Waals surface area contributed by atoms with E-state index in [1.807, 2.05) is 44.2 Å². The summed E-state index contributed by atoms with van der Waals surface area (Å²) in [5.41, 5.74) is 6.92. The number of halogens is 1. The van der Waals surface area contributed by atoms with Crippen molar-refractivity contribution in [2.75, 3.05) is 0 Å². The quantitative estimate of drug-likeness (QED) is 0.857. The van der Waals surface area contributed by atoms with E-state index >= 15 is 0 Å². The molecule has 2 nitrogen and oxygen atoms in total. The smallest absolute Gasteiger partial charge is 0.152 e. The van der Waals surface area contributed by atoms with Crippen LogP contribution in [-0.2, 0) is 11.2 Å². The molecular weight excluding hydrogens is 210 g/mol. The summed E-state index contributed by atoms with van der Waals surface area (Å²) in [4.78, 5) is 11.5. The first-order valence-electron chi connectivity index (χ1n) is 4.94. The molecule has 0 amide bonds. The van der Waals surface area contributed by atoms with E-state index in [0.29, 0.717) is 6.42 Å². The zero-order valence-corrected chi connectivity index (χ0v) is 9.96. The highest BCUT2D eigenvalue weighted by Gasteiger charge is 2.16. The lowest BCUT2D eigenvalue weighted by atomic mass is 9.97. The minimum atomic E-state index is -0.364. The molecule has 3 heteroatoms. The lowest BCUT2D eigenvalue weighted by Gasteiger charge is -2.12. The Labute approximate surface area is 97.3 Å². The average Bonchev–Trinajstić information content (AvgIpc) is 2.18. The molecule has 2 N–H and O–H groups in total. The molecule has 1 rings (SSSR count). The second-order valence-electron chi connectivity index (χ2n) is 3.85. The lowest BCUT2D eigenvalue weighted by molar-refractivity contribution is -0.123. The molecule has 0 aliphatic rings. The van der Waals surface area contributed by atoms with Gasteiger partial charge in [0.25, 0.3) is 0 Å². The van der Waals surface area contributed by atoms with Gasteiger partial charge in [-0.3, -0.25) is 4.79 Å². The van der Waals surface area contributed by atoms with Crippen LogP contribution < -0.4 is 5.73 Å². The van der Waals surface area contributed by atoms with E-state index in [1.54, 1.807) is 0 Å². The number of carbonyl (C=O) groups is 1. The predicted octanol–water partition coefficient (Wildman–Crippen LogP) is 2.20.